The van der Waals surface area contributed by atoms with E-state index in [4.69, 9.17) is 11.6 Å². The van der Waals surface area contributed by atoms with Crippen LogP contribution in [0.15, 0.2) is 35.7 Å². The molecule has 2 aromatic rings. The van der Waals surface area contributed by atoms with Crippen LogP contribution in [0.5, 0.6) is 0 Å². The maximum Gasteiger partial charge on any atom is 0.262 e. The first-order valence-corrected chi connectivity index (χ1v) is 8.24. The van der Waals surface area contributed by atoms with Crippen LogP contribution in [0.2, 0.25) is 5.02 Å². The minimum Gasteiger partial charge on any atom is -0.339 e. The molecule has 4 nitrogen and oxygen atoms in total. The summed E-state index contributed by atoms with van der Waals surface area (Å²) in [6.07, 6.45) is 0. The first-order valence-electron chi connectivity index (χ1n) is 6.98. The van der Waals surface area contributed by atoms with Gasteiger partial charge in [0.15, 0.2) is 0 Å². The molecule has 0 unspecified atom stereocenters. The van der Waals surface area contributed by atoms with Crippen molar-refractivity contribution in [1.82, 2.24) is 5.32 Å². The van der Waals surface area contributed by atoms with Gasteiger partial charge in [-0.2, -0.15) is 0 Å². The van der Waals surface area contributed by atoms with Crippen molar-refractivity contribution in [3.05, 3.63) is 51.4 Å². The van der Waals surface area contributed by atoms with Crippen LogP contribution in [0.1, 0.15) is 23.5 Å². The maximum atomic E-state index is 13.8. The SMILES string of the molecule is CC(C)[C@@H](NC(=O)c1cccs1)C(=O)Nc1ccc(Cl)cc1F. The van der Waals surface area contributed by atoms with Gasteiger partial charge in [0, 0.05) is 5.02 Å². The van der Waals surface area contributed by atoms with Crippen LogP contribution >= 0.6 is 22.9 Å². The Labute approximate surface area is 142 Å². The van der Waals surface area contributed by atoms with Crippen LogP contribution in [0.25, 0.3) is 0 Å². The zero-order valence-corrected chi connectivity index (χ0v) is 14.2. The second kappa shape index (κ2) is 7.57. The normalized spacial score (nSPS) is 12.0. The minimum absolute atomic E-state index is 0.0235. The molecule has 1 aromatic heterocycles. The van der Waals surface area contributed by atoms with Gasteiger partial charge >= 0.3 is 0 Å². The molecule has 1 heterocycles. The van der Waals surface area contributed by atoms with Gasteiger partial charge < -0.3 is 10.6 Å². The molecular weight excluding hydrogens is 339 g/mol. The highest BCUT2D eigenvalue weighted by atomic mass is 35.5. The van der Waals surface area contributed by atoms with Crippen LogP contribution in [-0.2, 0) is 4.79 Å². The number of halogens is 2. The summed E-state index contributed by atoms with van der Waals surface area (Å²) in [5, 5.41) is 7.19. The number of carbonyl (C=O) groups excluding carboxylic acids is 2. The lowest BCUT2D eigenvalue weighted by Gasteiger charge is -2.21. The van der Waals surface area contributed by atoms with Gasteiger partial charge in [0.2, 0.25) is 5.91 Å². The Morgan fingerprint density at radius 2 is 2.00 bits per heavy atom. The van der Waals surface area contributed by atoms with E-state index in [-0.39, 0.29) is 22.5 Å². The van der Waals surface area contributed by atoms with Crippen molar-refractivity contribution < 1.29 is 14.0 Å². The summed E-state index contributed by atoms with van der Waals surface area (Å²) in [6, 6.07) is 6.63. The lowest BCUT2D eigenvalue weighted by molar-refractivity contribution is -0.118. The average Bonchev–Trinajstić information content (AvgIpc) is 3.01. The molecule has 0 aliphatic rings. The molecule has 0 radical (unpaired) electrons. The third-order valence-corrected chi connectivity index (χ3v) is 4.27. The molecule has 2 rings (SSSR count). The van der Waals surface area contributed by atoms with Crippen molar-refractivity contribution in [2.75, 3.05) is 5.32 Å². The molecule has 7 heteroatoms. The van der Waals surface area contributed by atoms with Crippen molar-refractivity contribution in [1.29, 1.82) is 0 Å². The molecule has 0 spiro atoms. The summed E-state index contributed by atoms with van der Waals surface area (Å²) >= 11 is 6.97. The smallest absolute Gasteiger partial charge is 0.262 e. The fourth-order valence-corrected chi connectivity index (χ4v) is 2.74. The molecule has 0 aliphatic heterocycles. The number of amides is 2. The molecule has 1 atom stereocenters. The quantitative estimate of drug-likeness (QED) is 0.854. The predicted octanol–water partition coefficient (Wildman–Crippen LogP) is 3.93. The minimum atomic E-state index is -0.778. The standard InChI is InChI=1S/C16H16ClFN2O2S/c1-9(2)14(20-15(21)13-4-3-7-23-13)16(22)19-12-6-5-10(17)8-11(12)18/h3-9,14H,1-2H3,(H,19,22)(H,20,21)/t14-/m1/s1. The van der Waals surface area contributed by atoms with E-state index >= 15 is 0 Å². The first-order chi connectivity index (χ1) is 10.9. The number of rotatable bonds is 5. The highest BCUT2D eigenvalue weighted by Crippen LogP contribution is 2.20. The van der Waals surface area contributed by atoms with E-state index in [1.54, 1.807) is 31.4 Å². The van der Waals surface area contributed by atoms with Gasteiger partial charge in [-0.1, -0.05) is 31.5 Å². The van der Waals surface area contributed by atoms with Crippen molar-refractivity contribution in [3.63, 3.8) is 0 Å². The Kier molecular flexibility index (Phi) is 5.74. The number of hydrogen-bond acceptors (Lipinski definition) is 3. The van der Waals surface area contributed by atoms with Gasteiger partial charge in [-0.25, -0.2) is 4.39 Å². The molecule has 0 fully saturated rings. The zero-order valence-electron chi connectivity index (χ0n) is 12.6. The second-order valence-corrected chi connectivity index (χ2v) is 6.67. The Balaban J connectivity index is 2.10. The summed E-state index contributed by atoms with van der Waals surface area (Å²) < 4.78 is 13.8. The van der Waals surface area contributed by atoms with Gasteiger partial charge in [-0.05, 0) is 35.6 Å². The van der Waals surface area contributed by atoms with Crippen molar-refractivity contribution in [2.45, 2.75) is 19.9 Å². The molecule has 0 saturated heterocycles. The zero-order chi connectivity index (χ0) is 17.0. The summed E-state index contributed by atoms with van der Waals surface area (Å²) in [5.41, 5.74) is 0.0235. The Hall–Kier alpha value is -1.92. The molecule has 0 bridgehead atoms. The number of anilines is 1. The number of benzene rings is 1. The van der Waals surface area contributed by atoms with Gasteiger partial charge in [0.1, 0.15) is 11.9 Å². The van der Waals surface area contributed by atoms with E-state index in [0.29, 0.717) is 4.88 Å². The second-order valence-electron chi connectivity index (χ2n) is 5.29. The summed E-state index contributed by atoms with van der Waals surface area (Å²) in [5.74, 6) is -1.59. The molecule has 0 aliphatic carbocycles. The number of thiophene rings is 1. The summed E-state index contributed by atoms with van der Waals surface area (Å²) in [6.45, 7) is 3.61. The van der Waals surface area contributed by atoms with Crippen LogP contribution in [0.4, 0.5) is 10.1 Å². The Morgan fingerprint density at radius 1 is 1.26 bits per heavy atom. The van der Waals surface area contributed by atoms with E-state index in [2.05, 4.69) is 10.6 Å². The third-order valence-electron chi connectivity index (χ3n) is 3.17. The molecular formula is C16H16ClFN2O2S. The average molecular weight is 355 g/mol. The van der Waals surface area contributed by atoms with Gasteiger partial charge in [0.05, 0.1) is 10.6 Å². The van der Waals surface area contributed by atoms with Crippen LogP contribution < -0.4 is 10.6 Å². The van der Waals surface area contributed by atoms with Gasteiger partial charge in [-0.15, -0.1) is 11.3 Å². The molecule has 0 saturated carbocycles. The Morgan fingerprint density at radius 3 is 2.57 bits per heavy atom. The lowest BCUT2D eigenvalue weighted by Crippen LogP contribution is -2.47. The fraction of sp³-hybridized carbons (Fsp3) is 0.250. The maximum absolute atomic E-state index is 13.8. The highest BCUT2D eigenvalue weighted by Gasteiger charge is 2.25. The first kappa shape index (κ1) is 17.4. The van der Waals surface area contributed by atoms with E-state index in [1.165, 1.54) is 23.5 Å². The van der Waals surface area contributed by atoms with Gasteiger partial charge in [0.25, 0.3) is 5.91 Å². The number of carbonyl (C=O) groups is 2. The van der Waals surface area contributed by atoms with Gasteiger partial charge in [-0.3, -0.25) is 9.59 Å². The fourth-order valence-electron chi connectivity index (χ4n) is 1.96. The molecule has 1 aromatic carbocycles. The third kappa shape index (κ3) is 4.53. The summed E-state index contributed by atoms with van der Waals surface area (Å²) in [7, 11) is 0. The van der Waals surface area contributed by atoms with Crippen LogP contribution in [0, 0.1) is 11.7 Å². The van der Waals surface area contributed by atoms with Crippen molar-refractivity contribution >= 4 is 40.4 Å². The molecule has 2 amide bonds. The van der Waals surface area contributed by atoms with Crippen LogP contribution in [0.3, 0.4) is 0 Å². The molecule has 122 valence electrons. The molecule has 23 heavy (non-hydrogen) atoms. The van der Waals surface area contributed by atoms with E-state index in [9.17, 15) is 14.0 Å². The summed E-state index contributed by atoms with van der Waals surface area (Å²) in [4.78, 5) is 25.0. The van der Waals surface area contributed by atoms with E-state index in [0.717, 1.165) is 6.07 Å². The Bertz CT molecular complexity index is 704. The lowest BCUT2D eigenvalue weighted by atomic mass is 10.0. The van der Waals surface area contributed by atoms with Crippen molar-refractivity contribution in [2.24, 2.45) is 5.92 Å². The van der Waals surface area contributed by atoms with Crippen molar-refractivity contribution in [3.8, 4) is 0 Å². The molecule has 2 N–H and O–H groups in total. The number of nitrogens with one attached hydrogen (secondary N) is 2. The van der Waals surface area contributed by atoms with E-state index in [1.807, 2.05) is 0 Å². The predicted molar refractivity (Wildman–Crippen MR) is 90.5 cm³/mol. The monoisotopic (exact) mass is 354 g/mol. The number of hydrogen-bond donors (Lipinski definition) is 2. The van der Waals surface area contributed by atoms with E-state index < -0.39 is 17.8 Å². The topological polar surface area (TPSA) is 58.2 Å². The largest absolute Gasteiger partial charge is 0.339 e. The highest BCUT2D eigenvalue weighted by molar-refractivity contribution is 7.12. The van der Waals surface area contributed by atoms with Crippen LogP contribution in [-0.4, -0.2) is 17.9 Å².